The van der Waals surface area contributed by atoms with Gasteiger partial charge in [-0.25, -0.2) is 0 Å². The van der Waals surface area contributed by atoms with E-state index in [0.717, 1.165) is 5.75 Å². The molecule has 0 aliphatic carbocycles. The molecule has 0 spiro atoms. The quantitative estimate of drug-likeness (QED) is 0.737. The molecule has 0 saturated carbocycles. The molecule has 1 aliphatic rings. The van der Waals surface area contributed by atoms with Crippen molar-refractivity contribution in [3.05, 3.63) is 58.6 Å². The molecule has 148 valence electrons. The molecule has 0 aromatic heterocycles. The van der Waals surface area contributed by atoms with Crippen LogP contribution in [-0.2, 0) is 0 Å². The van der Waals surface area contributed by atoms with E-state index >= 15 is 0 Å². The number of aliphatic hydroxyl groups excluding tert-OH is 1. The number of aliphatic hydroxyl groups is 1. The zero-order valence-corrected chi connectivity index (χ0v) is 16.8. The Morgan fingerprint density at radius 2 is 2.00 bits per heavy atom. The van der Waals surface area contributed by atoms with Crippen LogP contribution in [0.2, 0.25) is 5.02 Å². The van der Waals surface area contributed by atoms with Crippen LogP contribution in [0.1, 0.15) is 37.3 Å². The smallest absolute Gasteiger partial charge is 0.139 e. The van der Waals surface area contributed by atoms with Crippen LogP contribution in [0.3, 0.4) is 0 Å². The standard InChI is InChI=1S/C22H25ClN2O3/c1-14(2)15-6-8-16(9-7-15)27-17-10-20(25-12-17)22(13-26)28-21-5-3-4-19(23)18(21)11-24/h3-9,14,17,20,22,25-26H,10,12-13H2,1-2H3/t17-,20?,22?/m1/s1. The van der Waals surface area contributed by atoms with Crippen LogP contribution in [-0.4, -0.2) is 36.5 Å². The maximum atomic E-state index is 9.82. The van der Waals surface area contributed by atoms with Gasteiger partial charge in [0.25, 0.3) is 0 Å². The predicted molar refractivity (Wildman–Crippen MR) is 109 cm³/mol. The highest BCUT2D eigenvalue weighted by Crippen LogP contribution is 2.28. The molecule has 2 aromatic rings. The second-order valence-electron chi connectivity index (χ2n) is 7.28. The molecule has 0 bridgehead atoms. The van der Waals surface area contributed by atoms with Crippen LogP contribution in [0.15, 0.2) is 42.5 Å². The van der Waals surface area contributed by atoms with E-state index in [1.807, 2.05) is 12.1 Å². The van der Waals surface area contributed by atoms with Gasteiger partial charge in [-0.3, -0.25) is 0 Å². The molecule has 1 heterocycles. The van der Waals surface area contributed by atoms with Gasteiger partial charge in [-0.05, 0) is 35.7 Å². The van der Waals surface area contributed by atoms with Gasteiger partial charge in [0, 0.05) is 19.0 Å². The fourth-order valence-electron chi connectivity index (χ4n) is 3.35. The lowest BCUT2D eigenvalue weighted by molar-refractivity contribution is 0.0846. The Morgan fingerprint density at radius 3 is 2.64 bits per heavy atom. The molecule has 5 nitrogen and oxygen atoms in total. The first-order valence-corrected chi connectivity index (χ1v) is 9.85. The van der Waals surface area contributed by atoms with Crippen LogP contribution in [0.4, 0.5) is 0 Å². The molecule has 1 fully saturated rings. The first-order chi connectivity index (χ1) is 13.5. The summed E-state index contributed by atoms with van der Waals surface area (Å²) in [7, 11) is 0. The topological polar surface area (TPSA) is 74.5 Å². The van der Waals surface area contributed by atoms with Crippen molar-refractivity contribution in [1.82, 2.24) is 5.32 Å². The summed E-state index contributed by atoms with van der Waals surface area (Å²) in [6.07, 6.45) is 0.185. The number of halogens is 1. The normalized spacial score (nSPS) is 20.0. The van der Waals surface area contributed by atoms with Crippen LogP contribution < -0.4 is 14.8 Å². The second-order valence-corrected chi connectivity index (χ2v) is 7.68. The van der Waals surface area contributed by atoms with Crippen LogP contribution >= 0.6 is 11.6 Å². The summed E-state index contributed by atoms with van der Waals surface area (Å²) < 4.78 is 12.0. The van der Waals surface area contributed by atoms with Gasteiger partial charge in [0.05, 0.1) is 11.6 Å². The number of nitrogens with zero attached hydrogens (tertiary/aromatic N) is 1. The average Bonchev–Trinajstić information content (AvgIpc) is 3.15. The Hall–Kier alpha value is -2.26. The van der Waals surface area contributed by atoms with Crippen molar-refractivity contribution in [2.75, 3.05) is 13.2 Å². The molecule has 6 heteroatoms. The maximum absolute atomic E-state index is 9.82. The molecule has 2 unspecified atom stereocenters. The zero-order chi connectivity index (χ0) is 20.1. The zero-order valence-electron chi connectivity index (χ0n) is 16.1. The first kappa shape index (κ1) is 20.5. The number of hydrogen-bond acceptors (Lipinski definition) is 5. The SMILES string of the molecule is CC(C)c1ccc(O[C@H]2CNC(C(CO)Oc3cccc(Cl)c3C#N)C2)cc1. The van der Waals surface area contributed by atoms with E-state index in [1.54, 1.807) is 18.2 Å². The summed E-state index contributed by atoms with van der Waals surface area (Å²) in [5.74, 6) is 1.70. The van der Waals surface area contributed by atoms with Gasteiger partial charge < -0.3 is 19.9 Å². The minimum Gasteiger partial charge on any atom is -0.489 e. The highest BCUT2D eigenvalue weighted by atomic mass is 35.5. The number of nitriles is 1. The van der Waals surface area contributed by atoms with Gasteiger partial charge in [-0.15, -0.1) is 0 Å². The molecule has 3 atom stereocenters. The molecule has 3 rings (SSSR count). The lowest BCUT2D eigenvalue weighted by Crippen LogP contribution is -2.41. The van der Waals surface area contributed by atoms with Crippen molar-refractivity contribution in [2.45, 2.75) is 44.4 Å². The fraction of sp³-hybridized carbons (Fsp3) is 0.409. The van der Waals surface area contributed by atoms with Crippen molar-refractivity contribution < 1.29 is 14.6 Å². The Balaban J connectivity index is 1.62. The van der Waals surface area contributed by atoms with E-state index in [4.69, 9.17) is 21.1 Å². The van der Waals surface area contributed by atoms with E-state index in [2.05, 4.69) is 37.4 Å². The van der Waals surface area contributed by atoms with Crippen LogP contribution in [0, 0.1) is 11.3 Å². The van der Waals surface area contributed by atoms with Gasteiger partial charge in [-0.2, -0.15) is 5.26 Å². The number of benzene rings is 2. The summed E-state index contributed by atoms with van der Waals surface area (Å²) in [6, 6.07) is 15.2. The first-order valence-electron chi connectivity index (χ1n) is 9.48. The van der Waals surface area contributed by atoms with E-state index in [0.29, 0.717) is 29.7 Å². The Labute approximate surface area is 170 Å². The average molecular weight is 401 g/mol. The molecule has 0 amide bonds. The molecular formula is C22H25ClN2O3. The van der Waals surface area contributed by atoms with Gasteiger partial charge in [0.1, 0.15) is 35.3 Å². The van der Waals surface area contributed by atoms with Gasteiger partial charge in [0.15, 0.2) is 0 Å². The number of hydrogen-bond donors (Lipinski definition) is 2. The minimum absolute atomic E-state index is 0.0117. The Bertz CT molecular complexity index is 833. The van der Waals surface area contributed by atoms with Crippen molar-refractivity contribution >= 4 is 11.6 Å². The van der Waals surface area contributed by atoms with Crippen molar-refractivity contribution in [1.29, 1.82) is 5.26 Å². The lowest BCUT2D eigenvalue weighted by atomic mass is 10.0. The highest BCUT2D eigenvalue weighted by Gasteiger charge is 2.33. The van der Waals surface area contributed by atoms with Crippen LogP contribution in [0.25, 0.3) is 0 Å². The van der Waals surface area contributed by atoms with Gasteiger partial charge in [0.2, 0.25) is 0 Å². The number of rotatable bonds is 7. The number of nitrogens with one attached hydrogen (secondary N) is 1. The molecule has 2 aromatic carbocycles. The van der Waals surface area contributed by atoms with E-state index in [1.165, 1.54) is 5.56 Å². The Morgan fingerprint density at radius 1 is 1.25 bits per heavy atom. The largest absolute Gasteiger partial charge is 0.489 e. The summed E-state index contributed by atoms with van der Waals surface area (Å²) >= 11 is 6.06. The third kappa shape index (κ3) is 4.77. The molecule has 1 saturated heterocycles. The van der Waals surface area contributed by atoms with Crippen molar-refractivity contribution in [3.8, 4) is 17.6 Å². The summed E-state index contributed by atoms with van der Waals surface area (Å²) in [5, 5.41) is 22.8. The van der Waals surface area contributed by atoms with E-state index in [9.17, 15) is 10.4 Å². The van der Waals surface area contributed by atoms with Gasteiger partial charge >= 0.3 is 0 Å². The molecular weight excluding hydrogens is 376 g/mol. The van der Waals surface area contributed by atoms with E-state index in [-0.39, 0.29) is 24.3 Å². The summed E-state index contributed by atoms with van der Waals surface area (Å²) in [5.41, 5.74) is 1.55. The Kier molecular flexibility index (Phi) is 6.79. The lowest BCUT2D eigenvalue weighted by Gasteiger charge is -2.24. The highest BCUT2D eigenvalue weighted by molar-refractivity contribution is 6.31. The van der Waals surface area contributed by atoms with Gasteiger partial charge in [-0.1, -0.05) is 43.6 Å². The number of ether oxygens (including phenoxy) is 2. The third-order valence-electron chi connectivity index (χ3n) is 4.97. The molecule has 1 aliphatic heterocycles. The second kappa shape index (κ2) is 9.29. The monoisotopic (exact) mass is 400 g/mol. The summed E-state index contributed by atoms with van der Waals surface area (Å²) in [4.78, 5) is 0. The molecule has 2 N–H and O–H groups in total. The molecule has 28 heavy (non-hydrogen) atoms. The fourth-order valence-corrected chi connectivity index (χ4v) is 3.56. The van der Waals surface area contributed by atoms with Crippen LogP contribution in [0.5, 0.6) is 11.5 Å². The third-order valence-corrected chi connectivity index (χ3v) is 5.28. The van der Waals surface area contributed by atoms with E-state index < -0.39 is 6.10 Å². The van der Waals surface area contributed by atoms with Crippen molar-refractivity contribution in [2.24, 2.45) is 0 Å². The maximum Gasteiger partial charge on any atom is 0.139 e. The summed E-state index contributed by atoms with van der Waals surface area (Å²) in [6.45, 7) is 4.81. The predicted octanol–water partition coefficient (Wildman–Crippen LogP) is 3.88. The molecule has 0 radical (unpaired) electrons. The van der Waals surface area contributed by atoms with Crippen molar-refractivity contribution in [3.63, 3.8) is 0 Å². The minimum atomic E-state index is -0.498.